The Morgan fingerprint density at radius 2 is 2.29 bits per heavy atom. The SMILES string of the molecule is COCC(C)n1c(CCCC(=O)N2CCc3sccc3C2)nc2cccnc21. The maximum atomic E-state index is 12.7. The first-order valence-corrected chi connectivity index (χ1v) is 10.7. The number of hydrogen-bond donors (Lipinski definition) is 0. The van der Waals surface area contributed by atoms with Gasteiger partial charge in [0, 0.05) is 44.1 Å². The van der Waals surface area contributed by atoms with Crippen LogP contribution in [0.1, 0.15) is 42.1 Å². The Bertz CT molecular complexity index is 964. The molecule has 1 aliphatic rings. The van der Waals surface area contributed by atoms with Crippen molar-refractivity contribution in [1.29, 1.82) is 0 Å². The summed E-state index contributed by atoms with van der Waals surface area (Å²) in [5.74, 6) is 1.22. The molecule has 1 atom stereocenters. The number of amides is 1. The Kier molecular flexibility index (Phi) is 5.73. The molecule has 0 spiro atoms. The van der Waals surface area contributed by atoms with E-state index in [1.807, 2.05) is 17.0 Å². The first-order chi connectivity index (χ1) is 13.7. The van der Waals surface area contributed by atoms with E-state index in [2.05, 4.69) is 27.9 Å². The predicted molar refractivity (Wildman–Crippen MR) is 110 cm³/mol. The lowest BCUT2D eigenvalue weighted by atomic mass is 10.1. The van der Waals surface area contributed by atoms with Crippen molar-refractivity contribution in [3.8, 4) is 0 Å². The first-order valence-electron chi connectivity index (χ1n) is 9.81. The standard InChI is InChI=1S/C21H26N4O2S/c1-15(14-27-2)25-19(23-17-5-4-10-22-21(17)25)6-3-7-20(26)24-11-8-18-16(13-24)9-12-28-18/h4-5,9-10,12,15H,3,6-8,11,13-14H2,1-2H3. The molecule has 1 unspecified atom stereocenters. The third-order valence-corrected chi connectivity index (χ3v) is 6.34. The molecule has 0 saturated carbocycles. The number of aromatic nitrogens is 3. The van der Waals surface area contributed by atoms with Crippen LogP contribution in [0, 0.1) is 0 Å². The fourth-order valence-corrected chi connectivity index (χ4v) is 4.84. The predicted octanol–water partition coefficient (Wildman–Crippen LogP) is 3.61. The molecule has 1 amide bonds. The highest BCUT2D eigenvalue weighted by atomic mass is 32.1. The number of imidazole rings is 1. The van der Waals surface area contributed by atoms with Crippen molar-refractivity contribution in [3.05, 3.63) is 46.0 Å². The summed E-state index contributed by atoms with van der Waals surface area (Å²) in [6, 6.07) is 6.18. The van der Waals surface area contributed by atoms with Crippen molar-refractivity contribution >= 4 is 28.4 Å². The summed E-state index contributed by atoms with van der Waals surface area (Å²) in [5.41, 5.74) is 3.09. The number of ether oxygens (including phenoxy) is 1. The van der Waals surface area contributed by atoms with Crippen molar-refractivity contribution < 1.29 is 9.53 Å². The maximum absolute atomic E-state index is 12.7. The van der Waals surface area contributed by atoms with Crippen molar-refractivity contribution in [2.45, 2.75) is 45.2 Å². The molecule has 3 aromatic rings. The van der Waals surface area contributed by atoms with Crippen LogP contribution in [-0.4, -0.2) is 45.6 Å². The zero-order chi connectivity index (χ0) is 19.5. The topological polar surface area (TPSA) is 60.2 Å². The highest BCUT2D eigenvalue weighted by Gasteiger charge is 2.22. The molecule has 4 rings (SSSR count). The van der Waals surface area contributed by atoms with Gasteiger partial charge in [-0.15, -0.1) is 11.3 Å². The van der Waals surface area contributed by atoms with Crippen molar-refractivity contribution in [1.82, 2.24) is 19.4 Å². The number of aryl methyl sites for hydroxylation is 1. The van der Waals surface area contributed by atoms with Gasteiger partial charge < -0.3 is 14.2 Å². The number of pyridine rings is 1. The second-order valence-corrected chi connectivity index (χ2v) is 8.34. The van der Waals surface area contributed by atoms with Gasteiger partial charge in [-0.25, -0.2) is 9.97 Å². The molecule has 0 aromatic carbocycles. The van der Waals surface area contributed by atoms with Gasteiger partial charge in [-0.1, -0.05) is 0 Å². The second kappa shape index (κ2) is 8.41. The Labute approximate surface area is 169 Å². The third kappa shape index (κ3) is 3.82. The van der Waals surface area contributed by atoms with E-state index in [9.17, 15) is 4.79 Å². The Morgan fingerprint density at radius 3 is 3.14 bits per heavy atom. The third-order valence-electron chi connectivity index (χ3n) is 5.32. The van der Waals surface area contributed by atoms with Gasteiger partial charge in [0.2, 0.25) is 5.91 Å². The summed E-state index contributed by atoms with van der Waals surface area (Å²) < 4.78 is 7.49. The number of rotatable bonds is 7. The van der Waals surface area contributed by atoms with E-state index in [4.69, 9.17) is 9.72 Å². The van der Waals surface area contributed by atoms with E-state index in [0.29, 0.717) is 13.0 Å². The van der Waals surface area contributed by atoms with Gasteiger partial charge in [0.15, 0.2) is 5.65 Å². The molecule has 4 heterocycles. The fourth-order valence-electron chi connectivity index (χ4n) is 3.95. The minimum atomic E-state index is 0.148. The number of methoxy groups -OCH3 is 1. The van der Waals surface area contributed by atoms with E-state index in [0.717, 1.165) is 49.3 Å². The summed E-state index contributed by atoms with van der Waals surface area (Å²) >= 11 is 1.80. The molecule has 0 aliphatic carbocycles. The van der Waals surface area contributed by atoms with Gasteiger partial charge in [0.05, 0.1) is 12.6 Å². The van der Waals surface area contributed by atoms with E-state index < -0.39 is 0 Å². The first kappa shape index (κ1) is 19.1. The van der Waals surface area contributed by atoms with Gasteiger partial charge in [0.25, 0.3) is 0 Å². The van der Waals surface area contributed by atoms with Crippen LogP contribution >= 0.6 is 11.3 Å². The van der Waals surface area contributed by atoms with Crippen LogP contribution in [0.3, 0.4) is 0 Å². The monoisotopic (exact) mass is 398 g/mol. The molecular formula is C21H26N4O2S. The highest BCUT2D eigenvalue weighted by molar-refractivity contribution is 7.10. The summed E-state index contributed by atoms with van der Waals surface area (Å²) in [7, 11) is 1.71. The van der Waals surface area contributed by atoms with Crippen LogP contribution in [0.25, 0.3) is 11.2 Å². The zero-order valence-electron chi connectivity index (χ0n) is 16.4. The fraction of sp³-hybridized carbons (Fsp3) is 0.476. The molecule has 0 bridgehead atoms. The number of carbonyl (C=O) groups excluding carboxylic acids is 1. The van der Waals surface area contributed by atoms with Crippen LogP contribution in [0.4, 0.5) is 0 Å². The minimum Gasteiger partial charge on any atom is -0.383 e. The normalized spacial score (nSPS) is 15.0. The largest absolute Gasteiger partial charge is 0.383 e. The van der Waals surface area contributed by atoms with Gasteiger partial charge in [-0.2, -0.15) is 0 Å². The van der Waals surface area contributed by atoms with Gasteiger partial charge >= 0.3 is 0 Å². The molecule has 6 nitrogen and oxygen atoms in total. The number of thiophene rings is 1. The highest BCUT2D eigenvalue weighted by Crippen LogP contribution is 2.25. The molecule has 7 heteroatoms. The molecular weight excluding hydrogens is 372 g/mol. The molecule has 28 heavy (non-hydrogen) atoms. The summed E-state index contributed by atoms with van der Waals surface area (Å²) in [4.78, 5) is 25.4. The number of carbonyl (C=O) groups is 1. The van der Waals surface area contributed by atoms with Crippen LogP contribution in [-0.2, 0) is 28.9 Å². The summed E-state index contributed by atoms with van der Waals surface area (Å²) in [6.45, 7) is 4.30. The maximum Gasteiger partial charge on any atom is 0.222 e. The smallest absolute Gasteiger partial charge is 0.222 e. The number of hydrogen-bond acceptors (Lipinski definition) is 5. The molecule has 3 aromatic heterocycles. The molecule has 0 saturated heterocycles. The lowest BCUT2D eigenvalue weighted by Gasteiger charge is -2.27. The average Bonchev–Trinajstić information content (AvgIpc) is 3.31. The van der Waals surface area contributed by atoms with E-state index in [1.165, 1.54) is 10.4 Å². The number of nitrogens with zero attached hydrogens (tertiary/aromatic N) is 4. The van der Waals surface area contributed by atoms with Crippen molar-refractivity contribution in [2.24, 2.45) is 0 Å². The Morgan fingerprint density at radius 1 is 1.39 bits per heavy atom. The Balaban J connectivity index is 1.41. The second-order valence-electron chi connectivity index (χ2n) is 7.34. The van der Waals surface area contributed by atoms with E-state index in [-0.39, 0.29) is 11.9 Å². The average molecular weight is 399 g/mol. The Hall–Kier alpha value is -2.25. The number of fused-ring (bicyclic) bond motifs is 2. The molecule has 0 N–H and O–H groups in total. The summed E-state index contributed by atoms with van der Waals surface area (Å²) in [6.07, 6.45) is 4.87. The van der Waals surface area contributed by atoms with E-state index >= 15 is 0 Å². The van der Waals surface area contributed by atoms with Crippen LogP contribution in [0.2, 0.25) is 0 Å². The molecule has 0 radical (unpaired) electrons. The summed E-state index contributed by atoms with van der Waals surface area (Å²) in [5, 5.41) is 2.12. The molecule has 1 aliphatic heterocycles. The lowest BCUT2D eigenvalue weighted by Crippen LogP contribution is -2.35. The van der Waals surface area contributed by atoms with Crippen molar-refractivity contribution in [2.75, 3.05) is 20.3 Å². The van der Waals surface area contributed by atoms with E-state index in [1.54, 1.807) is 24.6 Å². The molecule has 148 valence electrons. The minimum absolute atomic E-state index is 0.148. The van der Waals surface area contributed by atoms with Crippen LogP contribution in [0.15, 0.2) is 29.8 Å². The van der Waals surface area contributed by atoms with Crippen molar-refractivity contribution in [3.63, 3.8) is 0 Å². The van der Waals surface area contributed by atoms with Crippen LogP contribution in [0.5, 0.6) is 0 Å². The quantitative estimate of drug-likeness (QED) is 0.610. The molecule has 0 fully saturated rings. The zero-order valence-corrected chi connectivity index (χ0v) is 17.2. The van der Waals surface area contributed by atoms with Gasteiger partial charge in [-0.05, 0) is 48.9 Å². The van der Waals surface area contributed by atoms with Gasteiger partial charge in [0.1, 0.15) is 11.3 Å². The van der Waals surface area contributed by atoms with Crippen LogP contribution < -0.4 is 0 Å². The van der Waals surface area contributed by atoms with Gasteiger partial charge in [-0.3, -0.25) is 4.79 Å². The lowest BCUT2D eigenvalue weighted by molar-refractivity contribution is -0.132.